The van der Waals surface area contributed by atoms with E-state index in [9.17, 15) is 14.4 Å². The summed E-state index contributed by atoms with van der Waals surface area (Å²) < 4.78 is 0. The maximum atomic E-state index is 10.7. The Morgan fingerprint density at radius 3 is 1.90 bits per heavy atom. The molecule has 1 aliphatic heterocycles. The van der Waals surface area contributed by atoms with Crippen LogP contribution in [0.4, 0.5) is 9.59 Å². The van der Waals surface area contributed by atoms with Gasteiger partial charge in [0.1, 0.15) is 0 Å². The Morgan fingerprint density at radius 2 is 1.70 bits per heavy atom. The Balaban J connectivity index is 0. The molecule has 20 heavy (non-hydrogen) atoms. The molecule has 0 spiro atoms. The quantitative estimate of drug-likeness (QED) is 0.239. The van der Waals surface area contributed by atoms with Gasteiger partial charge in [-0.05, 0) is 0 Å². The van der Waals surface area contributed by atoms with Gasteiger partial charge >= 0.3 is 12.1 Å². The number of rotatable bonds is 4. The lowest BCUT2D eigenvalue weighted by molar-refractivity contribution is -0.120. The molecule has 1 aliphatic rings. The second kappa shape index (κ2) is 9.33. The van der Waals surface area contributed by atoms with Crippen molar-refractivity contribution >= 4 is 31.5 Å². The van der Waals surface area contributed by atoms with E-state index in [1.165, 1.54) is 0 Å². The first-order chi connectivity index (χ1) is 8.77. The Morgan fingerprint density at radius 1 is 1.25 bits per heavy atom. The molecule has 118 valence electrons. The van der Waals surface area contributed by atoms with Gasteiger partial charge in [0.15, 0.2) is 6.17 Å². The van der Waals surface area contributed by atoms with Crippen molar-refractivity contribution in [2.24, 2.45) is 11.5 Å². The van der Waals surface area contributed by atoms with Gasteiger partial charge in [-0.25, -0.2) is 9.59 Å². The summed E-state index contributed by atoms with van der Waals surface area (Å²) in [4.78, 5) is 31.3. The highest BCUT2D eigenvalue weighted by Gasteiger charge is 2.29. The third-order valence-electron chi connectivity index (χ3n) is 2.01. The van der Waals surface area contributed by atoms with E-state index in [0.717, 1.165) is 0 Å². The normalized spacial score (nSPS) is 17.1. The molecule has 1 unspecified atom stereocenters. The van der Waals surface area contributed by atoms with Crippen molar-refractivity contribution in [2.75, 3.05) is 19.8 Å². The molecular weight excluding hydrogens is 294 g/mol. The van der Waals surface area contributed by atoms with E-state index in [4.69, 9.17) is 26.8 Å². The molecule has 0 aromatic heterocycles. The topological polar surface area (TPSA) is 200 Å². The smallest absolute Gasteiger partial charge is 0.323 e. The average molecular weight is 313 g/mol. The monoisotopic (exact) mass is 313 g/mol. The van der Waals surface area contributed by atoms with Gasteiger partial charge in [0.05, 0.1) is 25.4 Å². The van der Waals surface area contributed by atoms with Crippen LogP contribution in [0.5, 0.6) is 0 Å². The summed E-state index contributed by atoms with van der Waals surface area (Å²) >= 11 is 0. The van der Waals surface area contributed by atoms with Gasteiger partial charge in [-0.15, -0.1) is 0 Å². The van der Waals surface area contributed by atoms with Gasteiger partial charge in [0.25, 0.3) is 5.91 Å². The summed E-state index contributed by atoms with van der Waals surface area (Å²) in [5, 5.41) is 31.1. The third kappa shape index (κ3) is 7.10. The summed E-state index contributed by atoms with van der Waals surface area (Å²) in [6.45, 7) is -1.21. The number of urea groups is 2. The van der Waals surface area contributed by atoms with Crippen LogP contribution in [0, 0.1) is 0 Å². The molecule has 0 aliphatic carbocycles. The number of imide groups is 1. The molecule has 1 heterocycles. The highest BCUT2D eigenvalue weighted by molar-refractivity contribution is 7.59. The van der Waals surface area contributed by atoms with Crippen LogP contribution in [-0.4, -0.2) is 64.8 Å². The summed E-state index contributed by atoms with van der Waals surface area (Å²) in [6, 6.07) is -1.51. The second-order valence-electron chi connectivity index (χ2n) is 3.74. The van der Waals surface area contributed by atoms with E-state index in [0.29, 0.717) is 0 Å². The Hall–Kier alpha value is -1.60. The van der Waals surface area contributed by atoms with Crippen LogP contribution in [0.15, 0.2) is 0 Å². The Kier molecular flexibility index (Phi) is 9.66. The van der Waals surface area contributed by atoms with Crippen LogP contribution in [0.25, 0.3) is 0 Å². The van der Waals surface area contributed by atoms with E-state index in [1.54, 1.807) is 0 Å². The number of carbonyl (C=O) groups is 3. The molecule has 0 radical (unpaired) electrons. The number of aliphatic hydroxyl groups is 3. The molecular formula is C8H19N5O6S. The molecule has 1 saturated heterocycles. The lowest BCUT2D eigenvalue weighted by Crippen LogP contribution is -2.50. The molecule has 10 N–H and O–H groups in total. The summed E-state index contributed by atoms with van der Waals surface area (Å²) in [5.74, 6) is -0.617. The zero-order valence-electron chi connectivity index (χ0n) is 10.4. The zero-order chi connectivity index (χ0) is 15.1. The summed E-state index contributed by atoms with van der Waals surface area (Å²) in [6.07, 6.45) is -1.04. The number of hydrogen-bond acceptors (Lipinski definition) is 7. The molecule has 0 saturated carbocycles. The van der Waals surface area contributed by atoms with Gasteiger partial charge in [-0.2, -0.15) is 13.5 Å². The predicted octanol–water partition coefficient (Wildman–Crippen LogP) is -4.41. The van der Waals surface area contributed by atoms with Crippen molar-refractivity contribution in [3.05, 3.63) is 0 Å². The molecule has 12 heteroatoms. The van der Waals surface area contributed by atoms with Crippen molar-refractivity contribution in [1.29, 1.82) is 0 Å². The molecule has 11 nitrogen and oxygen atoms in total. The number of nitrogens with two attached hydrogens (primary N) is 2. The first kappa shape index (κ1) is 20.7. The fraction of sp³-hybridized carbons (Fsp3) is 0.625. The van der Waals surface area contributed by atoms with Crippen LogP contribution in [0.3, 0.4) is 0 Å². The van der Waals surface area contributed by atoms with Crippen LogP contribution in [-0.2, 0) is 4.79 Å². The minimum Gasteiger partial charge on any atom is -0.394 e. The van der Waals surface area contributed by atoms with Crippen molar-refractivity contribution in [3.8, 4) is 0 Å². The predicted molar refractivity (Wildman–Crippen MR) is 71.7 cm³/mol. The highest BCUT2D eigenvalue weighted by Crippen LogP contribution is 1.93. The number of aliphatic hydroxyl groups excluding tert-OH is 3. The minimum absolute atomic E-state index is 0. The Labute approximate surface area is 121 Å². The molecule has 1 fully saturated rings. The second-order valence-corrected chi connectivity index (χ2v) is 3.74. The summed E-state index contributed by atoms with van der Waals surface area (Å²) in [7, 11) is 0. The maximum Gasteiger partial charge on any atom is 0.323 e. The number of hydrogen-bond donors (Lipinski definition) is 8. The lowest BCUT2D eigenvalue weighted by atomic mass is 10.1. The van der Waals surface area contributed by atoms with Gasteiger partial charge in [-0.3, -0.25) is 10.1 Å². The van der Waals surface area contributed by atoms with Crippen molar-refractivity contribution < 1.29 is 29.7 Å². The maximum absolute atomic E-state index is 10.7. The van der Waals surface area contributed by atoms with E-state index < -0.39 is 49.5 Å². The molecule has 0 aromatic rings. The SMILES string of the molecule is NC(=O)NC1NC(=O)NC1=O.NC(CO)(CO)CO.S. The number of amides is 5. The first-order valence-corrected chi connectivity index (χ1v) is 5.07. The molecule has 0 bridgehead atoms. The van der Waals surface area contributed by atoms with Crippen molar-refractivity contribution in [2.45, 2.75) is 11.7 Å². The van der Waals surface area contributed by atoms with Crippen LogP contribution >= 0.6 is 13.5 Å². The molecule has 5 amide bonds. The van der Waals surface area contributed by atoms with Gasteiger partial charge in [0, 0.05) is 0 Å². The Bertz CT molecular complexity index is 342. The highest BCUT2D eigenvalue weighted by atomic mass is 32.1. The molecule has 1 rings (SSSR count). The van der Waals surface area contributed by atoms with Gasteiger partial charge < -0.3 is 37.4 Å². The van der Waals surface area contributed by atoms with E-state index in [2.05, 4.69) is 5.32 Å². The fourth-order valence-electron chi connectivity index (χ4n) is 0.811. The molecule has 1 atom stereocenters. The van der Waals surface area contributed by atoms with Gasteiger partial charge in [-0.1, -0.05) is 0 Å². The van der Waals surface area contributed by atoms with E-state index in [-0.39, 0.29) is 13.5 Å². The van der Waals surface area contributed by atoms with Crippen LogP contribution in [0.2, 0.25) is 0 Å². The molecule has 0 aromatic carbocycles. The van der Waals surface area contributed by atoms with Crippen molar-refractivity contribution in [3.63, 3.8) is 0 Å². The lowest BCUT2D eigenvalue weighted by Gasteiger charge is -2.20. The van der Waals surface area contributed by atoms with E-state index in [1.807, 2.05) is 10.6 Å². The zero-order valence-corrected chi connectivity index (χ0v) is 11.4. The average Bonchev–Trinajstić information content (AvgIpc) is 2.67. The first-order valence-electron chi connectivity index (χ1n) is 5.07. The number of carbonyl (C=O) groups excluding carboxylic acids is 3. The largest absolute Gasteiger partial charge is 0.394 e. The van der Waals surface area contributed by atoms with E-state index >= 15 is 0 Å². The minimum atomic E-state index is -1.21. The van der Waals surface area contributed by atoms with Gasteiger partial charge in [0.2, 0.25) is 0 Å². The van der Waals surface area contributed by atoms with Crippen molar-refractivity contribution in [1.82, 2.24) is 16.0 Å². The fourth-order valence-corrected chi connectivity index (χ4v) is 0.811. The van der Waals surface area contributed by atoms with Crippen LogP contribution < -0.4 is 27.4 Å². The third-order valence-corrected chi connectivity index (χ3v) is 2.01. The summed E-state index contributed by atoms with van der Waals surface area (Å²) in [5.41, 5.74) is 8.64. The van der Waals surface area contributed by atoms with Crippen LogP contribution in [0.1, 0.15) is 0 Å². The number of nitrogens with one attached hydrogen (secondary N) is 3. The standard InChI is InChI=1S/C4H6N4O3.C4H11NO3.H2S/c5-3(10)6-1-2(9)8-4(11)7-1;5-4(1-6,2-7)3-8;/h1H,(H3,5,6,10)(H2,7,8,9,11);6-8H,1-3,5H2;1H2. The number of primary amides is 1.